The van der Waals surface area contributed by atoms with Gasteiger partial charge < -0.3 is 33.9 Å². The highest BCUT2D eigenvalue weighted by Crippen LogP contribution is 2.38. The lowest BCUT2D eigenvalue weighted by Gasteiger charge is -2.41. The van der Waals surface area contributed by atoms with Gasteiger partial charge in [0.1, 0.15) is 42.5 Å². The van der Waals surface area contributed by atoms with E-state index in [2.05, 4.69) is 4.52 Å². The van der Waals surface area contributed by atoms with Crippen molar-refractivity contribution in [3.8, 4) is 11.4 Å². The number of carboxylic acids is 1. The Kier molecular flexibility index (Phi) is 10.7. The maximum atomic E-state index is 13.0. The number of amides is 1. The standard InChI is InChI=1S/C27H27ClN3O8P.C2HF3O2/c1-17-11-29(15-30(17)16-39-40(33,34)35)22-9-6-20(10-25(22)36-3)18(2)27-24-13-37-12-23(31(24)26(32)14-38-27)19-4-7-21(28)8-5-19;3-2(4,5)1(6)7/h4-12,15,24H,13-14,16H2,1-3H3,(H-,33,34,35);(H,6,7)/t24-;/m1./s1. The Morgan fingerprint density at radius 3 is 2.47 bits per heavy atom. The van der Waals surface area contributed by atoms with Gasteiger partial charge in [0, 0.05) is 17.5 Å². The Hall–Kier alpha value is -4.34. The number of imidazole rings is 1. The van der Waals surface area contributed by atoms with Crippen LogP contribution in [0.1, 0.15) is 23.7 Å². The quantitative estimate of drug-likeness (QED) is 0.277. The van der Waals surface area contributed by atoms with E-state index in [0.717, 1.165) is 22.4 Å². The summed E-state index contributed by atoms with van der Waals surface area (Å²) in [6.07, 6.45) is -0.154. The van der Waals surface area contributed by atoms with Crippen LogP contribution in [0.25, 0.3) is 17.0 Å². The number of aliphatic carboxylic acids is 1. The predicted molar refractivity (Wildman–Crippen MR) is 156 cm³/mol. The van der Waals surface area contributed by atoms with Crippen LogP contribution < -0.4 is 14.4 Å². The molecule has 47 heavy (non-hydrogen) atoms. The van der Waals surface area contributed by atoms with Gasteiger partial charge in [0.2, 0.25) is 6.73 Å². The van der Waals surface area contributed by atoms with Crippen LogP contribution in [0, 0.1) is 6.92 Å². The molecule has 0 aliphatic carbocycles. The number of hydrogen-bond acceptors (Lipinski definition) is 8. The molecule has 0 radical (unpaired) electrons. The van der Waals surface area contributed by atoms with E-state index in [1.807, 2.05) is 37.3 Å². The molecule has 1 saturated heterocycles. The smallest absolute Gasteiger partial charge is 0.472 e. The van der Waals surface area contributed by atoms with Crippen molar-refractivity contribution in [3.63, 3.8) is 0 Å². The van der Waals surface area contributed by atoms with Gasteiger partial charge in [-0.05, 0) is 42.3 Å². The third kappa shape index (κ3) is 8.53. The molecule has 13 nitrogen and oxygen atoms in total. The highest BCUT2D eigenvalue weighted by molar-refractivity contribution is 7.46. The molecular weight excluding hydrogens is 674 g/mol. The number of carbonyl (C=O) groups excluding carboxylic acids is 2. The molecule has 0 spiro atoms. The fourth-order valence-corrected chi connectivity index (χ4v) is 5.13. The van der Waals surface area contributed by atoms with E-state index in [-0.39, 0.29) is 25.9 Å². The highest BCUT2D eigenvalue weighted by Gasteiger charge is 2.40. The van der Waals surface area contributed by atoms with E-state index in [0.29, 0.717) is 27.9 Å². The number of benzene rings is 2. The number of hydrogen-bond donors (Lipinski definition) is 2. The lowest BCUT2D eigenvalue weighted by atomic mass is 9.98. The van der Waals surface area contributed by atoms with Crippen molar-refractivity contribution in [1.29, 1.82) is 0 Å². The lowest BCUT2D eigenvalue weighted by Crippen LogP contribution is -2.51. The second-order valence-corrected chi connectivity index (χ2v) is 11.8. The summed E-state index contributed by atoms with van der Waals surface area (Å²) in [5.41, 5.74) is 4.52. The molecular formula is C29H28ClF3N3O10P. The molecule has 0 unspecified atom stereocenters. The fraction of sp³-hybridized carbons (Fsp3) is 0.276. The van der Waals surface area contributed by atoms with E-state index in [1.165, 1.54) is 0 Å². The first kappa shape index (κ1) is 35.5. The van der Waals surface area contributed by atoms with Crippen molar-refractivity contribution in [1.82, 2.24) is 9.47 Å². The SMILES string of the molecule is COc1cc(C(C)=C2OCC(=O)N3C(c4ccc(Cl)cc4)=COC[C@H]23)ccc1-n1cc(C)[n+](COP(=O)(O)O)c1.O=C([O-])C(F)(F)F. The first-order chi connectivity index (χ1) is 22.0. The van der Waals surface area contributed by atoms with Gasteiger partial charge in [-0.2, -0.15) is 17.7 Å². The molecule has 0 saturated carbocycles. The lowest BCUT2D eigenvalue weighted by molar-refractivity contribution is -0.730. The number of rotatable bonds is 7. The van der Waals surface area contributed by atoms with E-state index in [1.54, 1.807) is 59.0 Å². The van der Waals surface area contributed by atoms with Crippen LogP contribution >= 0.6 is 19.4 Å². The van der Waals surface area contributed by atoms with Crippen LogP contribution in [-0.4, -0.2) is 63.7 Å². The van der Waals surface area contributed by atoms with Gasteiger partial charge in [0.15, 0.2) is 18.0 Å². The van der Waals surface area contributed by atoms with Crippen molar-refractivity contribution >= 4 is 42.6 Å². The zero-order valence-corrected chi connectivity index (χ0v) is 26.6. The number of alkyl halides is 3. The maximum Gasteiger partial charge on any atom is 0.472 e. The zero-order chi connectivity index (χ0) is 34.7. The van der Waals surface area contributed by atoms with Crippen molar-refractivity contribution < 1.29 is 65.5 Å². The highest BCUT2D eigenvalue weighted by atomic mass is 35.5. The monoisotopic (exact) mass is 701 g/mol. The Labute approximate surface area is 270 Å². The number of carbonyl (C=O) groups is 2. The van der Waals surface area contributed by atoms with Crippen LogP contribution in [0.15, 0.2) is 67.0 Å². The number of phosphoric acid groups is 1. The average molecular weight is 702 g/mol. The van der Waals surface area contributed by atoms with Gasteiger partial charge in [0.25, 0.3) is 12.2 Å². The molecule has 1 fully saturated rings. The van der Waals surface area contributed by atoms with E-state index < -0.39 is 26.0 Å². The van der Waals surface area contributed by atoms with Crippen LogP contribution in [0.3, 0.4) is 0 Å². The summed E-state index contributed by atoms with van der Waals surface area (Å²) >= 11 is 6.06. The number of fused-ring (bicyclic) bond motifs is 1. The van der Waals surface area contributed by atoms with Gasteiger partial charge in [-0.1, -0.05) is 29.8 Å². The molecule has 2 aliphatic heterocycles. The summed E-state index contributed by atoms with van der Waals surface area (Å²) in [6, 6.07) is 12.4. The Morgan fingerprint density at radius 2 is 1.87 bits per heavy atom. The molecule has 0 bridgehead atoms. The molecule has 252 valence electrons. The molecule has 1 amide bonds. The minimum Gasteiger partial charge on any atom is -0.542 e. The summed E-state index contributed by atoms with van der Waals surface area (Å²) in [4.78, 5) is 41.6. The zero-order valence-electron chi connectivity index (χ0n) is 24.9. The molecule has 3 heterocycles. The molecule has 1 atom stereocenters. The molecule has 2 N–H and O–H groups in total. The summed E-state index contributed by atoms with van der Waals surface area (Å²) in [6.45, 7) is 3.54. The van der Waals surface area contributed by atoms with Crippen LogP contribution in [0.4, 0.5) is 13.2 Å². The van der Waals surface area contributed by atoms with Crippen molar-refractivity contribution in [3.05, 3.63) is 88.9 Å². The second-order valence-electron chi connectivity index (χ2n) is 10.1. The van der Waals surface area contributed by atoms with Gasteiger partial charge in [0.05, 0.1) is 12.8 Å². The maximum absolute atomic E-state index is 13.0. The van der Waals surface area contributed by atoms with Gasteiger partial charge >= 0.3 is 14.0 Å². The number of morpholine rings is 1. The first-order valence-electron chi connectivity index (χ1n) is 13.5. The third-order valence-electron chi connectivity index (χ3n) is 6.98. The second kappa shape index (κ2) is 14.2. The Morgan fingerprint density at radius 1 is 1.21 bits per heavy atom. The topological polar surface area (TPSA) is 164 Å². The predicted octanol–water partition coefficient (Wildman–Crippen LogP) is 3.09. The van der Waals surface area contributed by atoms with Crippen LogP contribution in [0.5, 0.6) is 5.75 Å². The van der Waals surface area contributed by atoms with Crippen molar-refractivity contribution in [2.24, 2.45) is 0 Å². The van der Waals surface area contributed by atoms with E-state index in [4.69, 9.17) is 45.5 Å². The number of halogens is 4. The van der Waals surface area contributed by atoms with Crippen LogP contribution in [0.2, 0.25) is 5.02 Å². The summed E-state index contributed by atoms with van der Waals surface area (Å²) in [5, 5.41) is 9.38. The first-order valence-corrected chi connectivity index (χ1v) is 15.4. The van der Waals surface area contributed by atoms with E-state index in [9.17, 15) is 22.5 Å². The van der Waals surface area contributed by atoms with Crippen molar-refractivity contribution in [2.45, 2.75) is 32.8 Å². The molecule has 2 aromatic carbocycles. The largest absolute Gasteiger partial charge is 0.542 e. The normalized spacial score (nSPS) is 17.4. The third-order valence-corrected chi connectivity index (χ3v) is 7.69. The average Bonchev–Trinajstić information content (AvgIpc) is 3.39. The number of methoxy groups -OCH3 is 1. The molecule has 2 aliphatic rings. The number of carboxylic acid groups (broad SMARTS) is 1. The number of phosphoric ester groups is 1. The summed E-state index contributed by atoms with van der Waals surface area (Å²) < 4.78 is 68.1. The molecule has 3 aromatic rings. The number of aromatic nitrogens is 2. The minimum absolute atomic E-state index is 0.108. The van der Waals surface area contributed by atoms with Gasteiger partial charge in [-0.15, -0.1) is 0 Å². The Bertz CT molecular complexity index is 1770. The number of nitrogens with zero attached hydrogens (tertiary/aromatic N) is 3. The van der Waals surface area contributed by atoms with Gasteiger partial charge in [-0.3, -0.25) is 9.69 Å². The van der Waals surface area contributed by atoms with Crippen LogP contribution in [-0.2, 0) is 34.9 Å². The molecule has 5 rings (SSSR count). The molecule has 18 heteroatoms. The summed E-state index contributed by atoms with van der Waals surface area (Å²) in [7, 11) is -3.05. The van der Waals surface area contributed by atoms with E-state index >= 15 is 0 Å². The number of allylic oxidation sites excluding steroid dienone is 1. The summed E-state index contributed by atoms with van der Waals surface area (Å²) in [5.74, 6) is -2.00. The minimum atomic E-state index is -5.19. The Balaban J connectivity index is 0.000000644. The van der Waals surface area contributed by atoms with Crippen molar-refractivity contribution in [2.75, 3.05) is 20.3 Å². The number of ether oxygens (including phenoxy) is 3. The van der Waals surface area contributed by atoms with Gasteiger partial charge in [-0.25, -0.2) is 13.7 Å². The molecule has 1 aromatic heterocycles. The fourth-order valence-electron chi connectivity index (χ4n) is 4.73. The number of aryl methyl sites for hydroxylation is 1.